The molecule has 4 aromatic carbocycles. The summed E-state index contributed by atoms with van der Waals surface area (Å²) in [6, 6.07) is 32.8. The molecule has 7 heteroatoms. The van der Waals surface area contributed by atoms with Crippen molar-refractivity contribution in [2.45, 2.75) is 56.3 Å². The lowest BCUT2D eigenvalue weighted by molar-refractivity contribution is -0.137. The van der Waals surface area contributed by atoms with Gasteiger partial charge in [0, 0.05) is 38.1 Å². The Kier molecular flexibility index (Phi) is 10.3. The molecule has 44 heavy (non-hydrogen) atoms. The number of ether oxygens (including phenoxy) is 2. The number of halogens is 4. The molecule has 1 aliphatic rings. The van der Waals surface area contributed by atoms with E-state index in [0.717, 1.165) is 35.8 Å². The molecule has 0 N–H and O–H groups in total. The van der Waals surface area contributed by atoms with E-state index in [1.165, 1.54) is 11.6 Å². The highest BCUT2D eigenvalue weighted by atomic mass is 35.5. The number of nitrogens with zero attached hydrogens (tertiary/aromatic N) is 1. The van der Waals surface area contributed by atoms with Crippen LogP contribution >= 0.6 is 11.6 Å². The third-order valence-electron chi connectivity index (χ3n) is 8.84. The second-order valence-corrected chi connectivity index (χ2v) is 12.0. The Balaban J connectivity index is 1.34. The molecule has 0 saturated heterocycles. The monoisotopic (exact) mass is 621 g/mol. The van der Waals surface area contributed by atoms with Crippen LogP contribution in [-0.4, -0.2) is 37.8 Å². The molecule has 0 amide bonds. The van der Waals surface area contributed by atoms with Gasteiger partial charge in [0.1, 0.15) is 5.75 Å². The van der Waals surface area contributed by atoms with Gasteiger partial charge in [-0.1, -0.05) is 96.5 Å². The quantitative estimate of drug-likeness (QED) is 0.131. The van der Waals surface area contributed by atoms with Crippen molar-refractivity contribution < 1.29 is 22.6 Å². The fraction of sp³-hybridized carbons (Fsp3) is 0.351. The first-order valence-electron chi connectivity index (χ1n) is 15.1. The van der Waals surface area contributed by atoms with Crippen molar-refractivity contribution in [3.63, 3.8) is 0 Å². The summed E-state index contributed by atoms with van der Waals surface area (Å²) < 4.78 is 52.9. The van der Waals surface area contributed by atoms with Crippen molar-refractivity contribution in [1.29, 1.82) is 0 Å². The fourth-order valence-corrected chi connectivity index (χ4v) is 6.39. The highest BCUT2D eigenvalue weighted by Gasteiger charge is 2.49. The maximum Gasteiger partial charge on any atom is 0.417 e. The van der Waals surface area contributed by atoms with E-state index < -0.39 is 11.7 Å². The number of methoxy groups -OCH3 is 1. The normalized spacial score (nSPS) is 15.0. The molecular weight excluding hydrogens is 583 g/mol. The zero-order valence-corrected chi connectivity index (χ0v) is 26.0. The Hall–Kier alpha value is -3.32. The average Bonchev–Trinajstić information content (AvgIpc) is 3.85. The lowest BCUT2D eigenvalue weighted by atomic mass is 9.90. The van der Waals surface area contributed by atoms with E-state index in [1.54, 1.807) is 13.2 Å². The van der Waals surface area contributed by atoms with Crippen molar-refractivity contribution in [3.8, 4) is 5.75 Å². The number of rotatable bonds is 14. The minimum absolute atomic E-state index is 0.0251. The van der Waals surface area contributed by atoms with Crippen LogP contribution in [0.3, 0.4) is 0 Å². The van der Waals surface area contributed by atoms with Crippen LogP contribution in [0.2, 0.25) is 5.02 Å². The van der Waals surface area contributed by atoms with Crippen LogP contribution in [-0.2, 0) is 22.9 Å². The molecular formula is C37H39ClF3NO2. The van der Waals surface area contributed by atoms with Gasteiger partial charge in [0.05, 0.1) is 23.3 Å². The van der Waals surface area contributed by atoms with Crippen molar-refractivity contribution >= 4 is 11.6 Å². The van der Waals surface area contributed by atoms with Crippen molar-refractivity contribution in [1.82, 2.24) is 4.90 Å². The molecule has 1 fully saturated rings. The minimum Gasteiger partial charge on any atom is -0.494 e. The number of hydrogen-bond donors (Lipinski definition) is 0. The van der Waals surface area contributed by atoms with E-state index >= 15 is 0 Å². The summed E-state index contributed by atoms with van der Waals surface area (Å²) in [6.45, 7) is 4.10. The molecule has 4 aromatic rings. The summed E-state index contributed by atoms with van der Waals surface area (Å²) in [6.07, 6.45) is -1.49. The second-order valence-electron chi connectivity index (χ2n) is 11.6. The topological polar surface area (TPSA) is 21.7 Å². The Morgan fingerprint density at radius 2 is 1.50 bits per heavy atom. The Bertz CT molecular complexity index is 1450. The van der Waals surface area contributed by atoms with E-state index in [2.05, 4.69) is 48.2 Å². The molecule has 0 bridgehead atoms. The zero-order valence-electron chi connectivity index (χ0n) is 25.2. The average molecular weight is 622 g/mol. The largest absolute Gasteiger partial charge is 0.494 e. The molecule has 1 saturated carbocycles. The van der Waals surface area contributed by atoms with Crippen molar-refractivity contribution in [3.05, 3.63) is 136 Å². The standard InChI is InChI=1S/C37H39ClF3NO2/c1-27(43-2)36(20-21-36)31-17-10-18-32(24-31)44-23-11-22-42(25-30-16-9-19-34(35(30)38)37(39,40)41)26-33(28-12-5-3-6-13-28)29-14-7-4-8-15-29/h3-10,12-19,24,27,33H,11,20-23,25-26H2,1-2H3. The summed E-state index contributed by atoms with van der Waals surface area (Å²) in [5.74, 6) is 0.841. The highest BCUT2D eigenvalue weighted by Crippen LogP contribution is 2.52. The highest BCUT2D eigenvalue weighted by molar-refractivity contribution is 6.32. The molecule has 1 atom stereocenters. The smallest absolute Gasteiger partial charge is 0.417 e. The van der Waals surface area contributed by atoms with E-state index in [-0.39, 0.29) is 29.0 Å². The summed E-state index contributed by atoms with van der Waals surface area (Å²) in [7, 11) is 1.75. The van der Waals surface area contributed by atoms with Crippen LogP contribution in [0, 0.1) is 0 Å². The molecule has 0 radical (unpaired) electrons. The van der Waals surface area contributed by atoms with E-state index in [1.807, 2.05) is 48.5 Å². The van der Waals surface area contributed by atoms with Gasteiger partial charge in [-0.3, -0.25) is 4.90 Å². The van der Waals surface area contributed by atoms with Crippen molar-refractivity contribution in [2.75, 3.05) is 26.8 Å². The number of alkyl halides is 3. The van der Waals surface area contributed by atoms with Crippen LogP contribution < -0.4 is 4.74 Å². The molecule has 0 spiro atoms. The summed E-state index contributed by atoms with van der Waals surface area (Å²) in [5.41, 5.74) is 3.23. The Labute approximate surface area is 263 Å². The van der Waals surface area contributed by atoms with Gasteiger partial charge in [-0.2, -0.15) is 13.2 Å². The predicted molar refractivity (Wildman–Crippen MR) is 170 cm³/mol. The first-order valence-corrected chi connectivity index (χ1v) is 15.5. The molecule has 3 nitrogen and oxygen atoms in total. The van der Waals surface area contributed by atoms with Gasteiger partial charge < -0.3 is 9.47 Å². The van der Waals surface area contributed by atoms with Gasteiger partial charge in [-0.15, -0.1) is 0 Å². The first-order chi connectivity index (χ1) is 21.2. The maximum atomic E-state index is 13.7. The minimum atomic E-state index is -4.52. The first kappa shape index (κ1) is 32.1. The van der Waals surface area contributed by atoms with Crippen LogP contribution in [0.5, 0.6) is 5.75 Å². The van der Waals surface area contributed by atoms with Crippen LogP contribution in [0.15, 0.2) is 103 Å². The van der Waals surface area contributed by atoms with E-state index in [4.69, 9.17) is 21.1 Å². The van der Waals surface area contributed by atoms with Crippen molar-refractivity contribution in [2.24, 2.45) is 0 Å². The molecule has 0 aliphatic heterocycles. The van der Waals surface area contributed by atoms with Gasteiger partial charge in [-0.25, -0.2) is 0 Å². The lowest BCUT2D eigenvalue weighted by Gasteiger charge is -2.29. The lowest BCUT2D eigenvalue weighted by Crippen LogP contribution is -2.31. The van der Waals surface area contributed by atoms with E-state index in [9.17, 15) is 13.2 Å². The molecule has 0 heterocycles. The SMILES string of the molecule is COC(C)C1(c2cccc(OCCCN(Cc3cccc(C(F)(F)F)c3Cl)CC(c3ccccc3)c3ccccc3)c2)CC1. The molecule has 5 rings (SSSR count). The zero-order chi connectivity index (χ0) is 31.2. The van der Waals surface area contributed by atoms with Crippen LogP contribution in [0.4, 0.5) is 13.2 Å². The summed E-state index contributed by atoms with van der Waals surface area (Å²) in [4.78, 5) is 2.19. The van der Waals surface area contributed by atoms with Gasteiger partial charge in [-0.05, 0) is 66.6 Å². The van der Waals surface area contributed by atoms with E-state index in [0.29, 0.717) is 31.7 Å². The predicted octanol–water partition coefficient (Wildman–Crippen LogP) is 9.53. The molecule has 232 valence electrons. The molecule has 1 aliphatic carbocycles. The third kappa shape index (κ3) is 7.66. The van der Waals surface area contributed by atoms with Gasteiger partial charge >= 0.3 is 6.18 Å². The fourth-order valence-electron chi connectivity index (χ4n) is 6.09. The number of benzene rings is 4. The molecule has 1 unspecified atom stereocenters. The second kappa shape index (κ2) is 14.2. The van der Waals surface area contributed by atoms with Gasteiger partial charge in [0.25, 0.3) is 0 Å². The summed E-state index contributed by atoms with van der Waals surface area (Å²) in [5, 5.41) is -0.242. The Morgan fingerprint density at radius 1 is 0.864 bits per heavy atom. The number of hydrogen-bond acceptors (Lipinski definition) is 3. The molecule has 0 aromatic heterocycles. The third-order valence-corrected chi connectivity index (χ3v) is 9.29. The van der Waals surface area contributed by atoms with Gasteiger partial charge in [0.15, 0.2) is 0 Å². The summed E-state index contributed by atoms with van der Waals surface area (Å²) >= 11 is 6.36. The Morgan fingerprint density at radius 3 is 2.09 bits per heavy atom. The van der Waals surface area contributed by atoms with Crippen LogP contribution in [0.25, 0.3) is 0 Å². The maximum absolute atomic E-state index is 13.7. The van der Waals surface area contributed by atoms with Gasteiger partial charge in [0.2, 0.25) is 0 Å². The van der Waals surface area contributed by atoms with Crippen LogP contribution in [0.1, 0.15) is 59.9 Å².